The number of rotatable bonds is 11. The number of nitrogens with zero attached hydrogens (tertiary/aromatic N) is 7. The minimum Gasteiger partial charge on any atom is -0.340 e. The molecule has 3 aromatic rings. The van der Waals surface area contributed by atoms with E-state index in [1.54, 1.807) is 48.1 Å². The Balaban J connectivity index is 1.31. The molecule has 4 amide bonds. The topological polar surface area (TPSA) is 103 Å². The summed E-state index contributed by atoms with van der Waals surface area (Å²) in [4.78, 5) is 45.5. The maximum atomic E-state index is 14.1. The number of imide groups is 1. The van der Waals surface area contributed by atoms with E-state index >= 15 is 0 Å². The third-order valence-corrected chi connectivity index (χ3v) is 10.2. The molecule has 272 valence electrons. The molecule has 1 saturated heterocycles. The number of benzene rings is 2. The van der Waals surface area contributed by atoms with Gasteiger partial charge in [-0.25, -0.2) is 9.48 Å². The zero-order valence-electron chi connectivity index (χ0n) is 29.9. The van der Waals surface area contributed by atoms with Crippen LogP contribution in [0.2, 0.25) is 0 Å². The van der Waals surface area contributed by atoms with E-state index in [4.69, 9.17) is 0 Å². The first kappa shape index (κ1) is 37.6. The SMILES string of the molecule is CC1C(c2ccnn2-c2ccc(C#N)cc2)N(C(=O)CCCC2CCC(C(=O)N(C)CC[N+](C)(C)C)CC2)C(=O)N1c1cccc(C(F)(F)F)c1. The fourth-order valence-electron chi connectivity index (χ4n) is 7.25. The number of amides is 4. The quantitative estimate of drug-likeness (QED) is 0.204. The Labute approximate surface area is 297 Å². The first-order chi connectivity index (χ1) is 24.1. The van der Waals surface area contributed by atoms with E-state index in [2.05, 4.69) is 32.3 Å². The summed E-state index contributed by atoms with van der Waals surface area (Å²) >= 11 is 0. The number of carbonyl (C=O) groups is 3. The Bertz CT molecular complexity index is 1750. The molecule has 2 atom stereocenters. The van der Waals surface area contributed by atoms with Crippen LogP contribution in [0.25, 0.3) is 5.69 Å². The summed E-state index contributed by atoms with van der Waals surface area (Å²) < 4.78 is 43.4. The number of carbonyl (C=O) groups excluding carboxylic acids is 3. The van der Waals surface area contributed by atoms with Crippen LogP contribution in [0.15, 0.2) is 60.8 Å². The van der Waals surface area contributed by atoms with E-state index in [9.17, 15) is 32.8 Å². The molecule has 1 aliphatic carbocycles. The lowest BCUT2D eigenvalue weighted by molar-refractivity contribution is -0.869. The van der Waals surface area contributed by atoms with Crippen LogP contribution >= 0.6 is 0 Å². The smallest absolute Gasteiger partial charge is 0.340 e. The molecule has 2 aliphatic rings. The van der Waals surface area contributed by atoms with Gasteiger partial charge in [-0.05, 0) is 99.9 Å². The van der Waals surface area contributed by atoms with E-state index in [1.807, 2.05) is 11.9 Å². The molecule has 2 fully saturated rings. The van der Waals surface area contributed by atoms with Crippen LogP contribution in [0.1, 0.15) is 74.7 Å². The third-order valence-electron chi connectivity index (χ3n) is 10.2. The van der Waals surface area contributed by atoms with E-state index in [0.717, 1.165) is 55.3 Å². The molecule has 0 radical (unpaired) electrons. The van der Waals surface area contributed by atoms with Crippen molar-refractivity contribution in [2.75, 3.05) is 46.2 Å². The molecule has 0 N–H and O–H groups in total. The van der Waals surface area contributed by atoms with Gasteiger partial charge in [0.25, 0.3) is 0 Å². The third kappa shape index (κ3) is 8.61. The number of likely N-dealkylation sites (N-methyl/N-ethyl adjacent to an activating group) is 2. The average molecular weight is 707 g/mol. The number of urea groups is 1. The summed E-state index contributed by atoms with van der Waals surface area (Å²) in [6, 6.07) is 12.7. The van der Waals surface area contributed by atoms with Gasteiger partial charge in [0.15, 0.2) is 0 Å². The zero-order valence-corrected chi connectivity index (χ0v) is 29.9. The number of alkyl halides is 3. The van der Waals surface area contributed by atoms with Crippen molar-refractivity contribution in [2.24, 2.45) is 11.8 Å². The van der Waals surface area contributed by atoms with E-state index in [-0.39, 0.29) is 23.9 Å². The fraction of sp³-hybridized carbons (Fsp3) is 0.500. The van der Waals surface area contributed by atoms with Gasteiger partial charge in [0, 0.05) is 31.3 Å². The second-order valence-electron chi connectivity index (χ2n) is 14.9. The van der Waals surface area contributed by atoms with Gasteiger partial charge in [0.2, 0.25) is 11.8 Å². The maximum Gasteiger partial charge on any atom is 0.416 e. The van der Waals surface area contributed by atoms with Gasteiger partial charge >= 0.3 is 12.2 Å². The van der Waals surface area contributed by atoms with Gasteiger partial charge in [0.05, 0.1) is 68.9 Å². The molecule has 0 spiro atoms. The lowest BCUT2D eigenvalue weighted by Gasteiger charge is -2.32. The highest BCUT2D eigenvalue weighted by atomic mass is 19.4. The molecular weight excluding hydrogens is 659 g/mol. The Morgan fingerprint density at radius 1 is 1.02 bits per heavy atom. The number of aromatic nitrogens is 2. The summed E-state index contributed by atoms with van der Waals surface area (Å²) in [6.07, 6.45) is 1.72. The lowest BCUT2D eigenvalue weighted by Crippen LogP contribution is -2.44. The molecule has 2 unspecified atom stereocenters. The number of nitriles is 1. The second-order valence-corrected chi connectivity index (χ2v) is 14.9. The van der Waals surface area contributed by atoms with Crippen LogP contribution in [-0.2, 0) is 15.8 Å². The minimum absolute atomic E-state index is 0.00704. The normalized spacial score (nSPS) is 21.1. The summed E-state index contributed by atoms with van der Waals surface area (Å²) in [7, 11) is 8.18. The van der Waals surface area contributed by atoms with Gasteiger partial charge in [-0.15, -0.1) is 0 Å². The highest BCUT2D eigenvalue weighted by molar-refractivity contribution is 6.06. The molecule has 51 heavy (non-hydrogen) atoms. The molecule has 1 aromatic heterocycles. The maximum absolute atomic E-state index is 14.1. The molecule has 2 heterocycles. The van der Waals surface area contributed by atoms with Crippen LogP contribution < -0.4 is 4.90 Å². The van der Waals surface area contributed by atoms with Crippen LogP contribution in [0, 0.1) is 23.2 Å². The zero-order chi connectivity index (χ0) is 37.1. The van der Waals surface area contributed by atoms with Crippen molar-refractivity contribution in [1.82, 2.24) is 19.6 Å². The highest BCUT2D eigenvalue weighted by Gasteiger charge is 2.49. The number of halogens is 3. The van der Waals surface area contributed by atoms with Crippen molar-refractivity contribution in [3.63, 3.8) is 0 Å². The van der Waals surface area contributed by atoms with Gasteiger partial charge < -0.3 is 9.38 Å². The van der Waals surface area contributed by atoms with Crippen LogP contribution in [0.5, 0.6) is 0 Å². The van der Waals surface area contributed by atoms with Crippen molar-refractivity contribution in [1.29, 1.82) is 5.26 Å². The van der Waals surface area contributed by atoms with Crippen LogP contribution in [0.4, 0.5) is 23.7 Å². The molecule has 13 heteroatoms. The molecule has 0 bridgehead atoms. The largest absolute Gasteiger partial charge is 0.416 e. The predicted molar refractivity (Wildman–Crippen MR) is 186 cm³/mol. The number of hydrogen-bond acceptors (Lipinski definition) is 5. The Hall–Kier alpha value is -4.70. The number of hydrogen-bond donors (Lipinski definition) is 0. The van der Waals surface area contributed by atoms with Gasteiger partial charge in [-0.1, -0.05) is 6.07 Å². The van der Waals surface area contributed by atoms with Gasteiger partial charge in [-0.3, -0.25) is 19.4 Å². The van der Waals surface area contributed by atoms with E-state index in [0.29, 0.717) is 35.8 Å². The van der Waals surface area contributed by atoms with Crippen molar-refractivity contribution < 1.29 is 32.0 Å². The Kier molecular flexibility index (Phi) is 11.2. The molecule has 2 aromatic carbocycles. The molecule has 10 nitrogen and oxygen atoms in total. The summed E-state index contributed by atoms with van der Waals surface area (Å²) in [5.41, 5.74) is 0.718. The average Bonchev–Trinajstić information content (AvgIpc) is 3.68. The lowest BCUT2D eigenvalue weighted by atomic mass is 9.79. The van der Waals surface area contributed by atoms with Crippen LogP contribution in [-0.4, -0.2) is 89.2 Å². The molecular formula is C38H47F3N7O3+. The Morgan fingerprint density at radius 2 is 1.71 bits per heavy atom. The first-order valence-electron chi connectivity index (χ1n) is 17.5. The van der Waals surface area contributed by atoms with Crippen molar-refractivity contribution in [3.8, 4) is 11.8 Å². The number of anilines is 1. The number of quaternary nitrogens is 1. The van der Waals surface area contributed by atoms with E-state index < -0.39 is 35.8 Å². The second kappa shape index (κ2) is 15.3. The van der Waals surface area contributed by atoms with Crippen LogP contribution in [0.3, 0.4) is 0 Å². The molecule has 5 rings (SSSR count). The van der Waals surface area contributed by atoms with Gasteiger partial charge in [0.1, 0.15) is 6.04 Å². The van der Waals surface area contributed by atoms with Gasteiger partial charge in [-0.2, -0.15) is 23.5 Å². The Morgan fingerprint density at radius 3 is 2.33 bits per heavy atom. The summed E-state index contributed by atoms with van der Waals surface area (Å²) in [5.74, 6) is 0.145. The summed E-state index contributed by atoms with van der Waals surface area (Å²) in [5, 5.41) is 13.7. The standard InChI is InChI=1S/C38H47F3N7O3/c1-26-35(33-20-21-43-47(33)31-18-14-28(25-42)15-19-31)46(37(51)45(26)32-10-7-9-30(24-32)38(39,40)41)34(49)11-6-8-27-12-16-29(17-13-27)36(50)44(2)22-23-48(3,4)5/h7,9-10,14-15,18-21,24,26-27,29,35H,6,8,11-13,16-17,22-23H2,1-5H3/q+1. The van der Waals surface area contributed by atoms with Crippen molar-refractivity contribution >= 4 is 23.5 Å². The molecule has 1 saturated carbocycles. The van der Waals surface area contributed by atoms with Crippen molar-refractivity contribution in [2.45, 2.75) is 70.1 Å². The monoisotopic (exact) mass is 706 g/mol. The molecule has 1 aliphatic heterocycles. The predicted octanol–water partition coefficient (Wildman–Crippen LogP) is 6.80. The fourth-order valence-corrected chi connectivity index (χ4v) is 7.25. The minimum atomic E-state index is -4.61. The first-order valence-corrected chi connectivity index (χ1v) is 17.5. The van der Waals surface area contributed by atoms with Crippen molar-refractivity contribution in [3.05, 3.63) is 77.6 Å². The summed E-state index contributed by atoms with van der Waals surface area (Å²) in [6.45, 7) is 3.30. The highest BCUT2D eigenvalue weighted by Crippen LogP contribution is 2.41. The van der Waals surface area contributed by atoms with E-state index in [1.165, 1.54) is 21.9 Å².